The lowest BCUT2D eigenvalue weighted by molar-refractivity contribution is -0.134. The van der Waals surface area contributed by atoms with Crippen molar-refractivity contribution in [3.05, 3.63) is 23.8 Å². The van der Waals surface area contributed by atoms with E-state index in [2.05, 4.69) is 16.0 Å². The van der Waals surface area contributed by atoms with Crippen LogP contribution in [0.25, 0.3) is 0 Å². The molecule has 5 N–H and O–H groups in total. The molecule has 3 amide bonds. The number of benzene rings is 1. The van der Waals surface area contributed by atoms with Gasteiger partial charge in [0.25, 0.3) is 0 Å². The number of epoxide rings is 1. The van der Waals surface area contributed by atoms with E-state index in [4.69, 9.17) is 9.47 Å². The molecule has 4 rings (SSSR count). The summed E-state index contributed by atoms with van der Waals surface area (Å²) in [6.45, 7) is 6.02. The van der Waals surface area contributed by atoms with Gasteiger partial charge in [0, 0.05) is 19.5 Å². The average molecular weight is 575 g/mol. The maximum atomic E-state index is 13.6. The maximum absolute atomic E-state index is 13.6. The van der Waals surface area contributed by atoms with Gasteiger partial charge in [0.1, 0.15) is 17.7 Å². The normalized spacial score (nSPS) is 23.3. The number of aromatic hydroxyl groups is 2. The predicted molar refractivity (Wildman–Crippen MR) is 148 cm³/mol. The number of nitrogens with zero attached hydrogens (tertiary/aromatic N) is 1. The maximum Gasteiger partial charge on any atom is 0.243 e. The first-order valence-corrected chi connectivity index (χ1v) is 14.4. The van der Waals surface area contributed by atoms with E-state index in [1.165, 1.54) is 25.1 Å². The number of hydrogen-bond donors (Lipinski definition) is 5. The van der Waals surface area contributed by atoms with Crippen LogP contribution in [0, 0.1) is 5.92 Å². The lowest BCUT2D eigenvalue weighted by Crippen LogP contribution is -2.57. The first kappa shape index (κ1) is 30.7. The molecule has 12 nitrogen and oxygen atoms in total. The van der Waals surface area contributed by atoms with Gasteiger partial charge in [0.2, 0.25) is 17.7 Å². The summed E-state index contributed by atoms with van der Waals surface area (Å²) >= 11 is 0. The van der Waals surface area contributed by atoms with E-state index in [1.54, 1.807) is 6.92 Å². The van der Waals surface area contributed by atoms with Crippen molar-refractivity contribution in [2.45, 2.75) is 76.1 Å². The Morgan fingerprint density at radius 3 is 2.29 bits per heavy atom. The highest BCUT2D eigenvalue weighted by molar-refractivity contribution is 5.98. The number of hydrogen-bond acceptors (Lipinski definition) is 9. The SMILES string of the molecule is C[C@H](NC(=O)CN1CCOCC1)C(=O)N[C@@H](Cc1ccc(O)c(O)c1)C(=O)N[C@@H](CC1CCCC1)C(=O)[C@]1(C)CO1. The first-order chi connectivity index (χ1) is 19.5. The zero-order chi connectivity index (χ0) is 29.6. The van der Waals surface area contributed by atoms with Gasteiger partial charge in [-0.3, -0.25) is 24.1 Å². The van der Waals surface area contributed by atoms with Crippen LogP contribution in [0.1, 0.15) is 51.5 Å². The molecule has 1 aliphatic carbocycles. The van der Waals surface area contributed by atoms with E-state index in [9.17, 15) is 29.4 Å². The van der Waals surface area contributed by atoms with Crippen molar-refractivity contribution in [2.75, 3.05) is 39.5 Å². The topological polar surface area (TPSA) is 170 Å². The Kier molecular flexibility index (Phi) is 10.2. The lowest BCUT2D eigenvalue weighted by Gasteiger charge is -2.27. The van der Waals surface area contributed by atoms with Gasteiger partial charge < -0.3 is 35.6 Å². The molecule has 2 saturated heterocycles. The summed E-state index contributed by atoms with van der Waals surface area (Å²) in [6, 6.07) is 1.34. The summed E-state index contributed by atoms with van der Waals surface area (Å²) in [7, 11) is 0. The summed E-state index contributed by atoms with van der Waals surface area (Å²) in [5.41, 5.74) is -0.432. The van der Waals surface area contributed by atoms with Gasteiger partial charge in [-0.05, 0) is 43.9 Å². The van der Waals surface area contributed by atoms with E-state index in [0.717, 1.165) is 25.7 Å². The highest BCUT2D eigenvalue weighted by atomic mass is 16.6. The highest BCUT2D eigenvalue weighted by Crippen LogP contribution is 2.33. The van der Waals surface area contributed by atoms with E-state index < -0.39 is 35.5 Å². The molecule has 12 heteroatoms. The van der Waals surface area contributed by atoms with Crippen molar-refractivity contribution < 1.29 is 38.9 Å². The van der Waals surface area contributed by atoms with Crippen molar-refractivity contribution >= 4 is 23.5 Å². The van der Waals surface area contributed by atoms with Crippen LogP contribution < -0.4 is 16.0 Å². The number of phenolic OH excluding ortho intramolecular Hbond substituents is 2. The molecule has 2 aliphatic heterocycles. The number of phenols is 2. The third kappa shape index (κ3) is 8.64. The second-order valence-electron chi connectivity index (χ2n) is 11.6. The molecule has 0 spiro atoms. The number of carbonyl (C=O) groups is 4. The standard InChI is InChI=1S/C29H42N4O8/c1-18(30-25(36)16-33-9-11-40-12-10-33)27(38)32-22(14-20-7-8-23(34)24(35)15-20)28(39)31-21(13-19-5-3-4-6-19)26(37)29(2)17-41-29/h7-8,15,18-19,21-22,34-35H,3-6,9-14,16-17H2,1-2H3,(H,30,36)(H,31,39)(H,32,38)/t18-,21-,22-,29-/m0/s1. The van der Waals surface area contributed by atoms with Gasteiger partial charge in [-0.15, -0.1) is 0 Å². The molecule has 2 heterocycles. The quantitative estimate of drug-likeness (QED) is 0.165. The summed E-state index contributed by atoms with van der Waals surface area (Å²) in [5.74, 6) is -1.98. The van der Waals surface area contributed by atoms with Crippen LogP contribution in [-0.2, 0) is 35.1 Å². The van der Waals surface area contributed by atoms with Crippen molar-refractivity contribution in [2.24, 2.45) is 5.92 Å². The van der Waals surface area contributed by atoms with Gasteiger partial charge in [0.15, 0.2) is 17.3 Å². The second-order valence-corrected chi connectivity index (χ2v) is 11.6. The van der Waals surface area contributed by atoms with Crippen LogP contribution in [-0.4, -0.2) is 102 Å². The fraction of sp³-hybridized carbons (Fsp3) is 0.655. The molecular weight excluding hydrogens is 532 g/mol. The molecule has 1 aromatic carbocycles. The molecule has 0 unspecified atom stereocenters. The third-order valence-electron chi connectivity index (χ3n) is 8.13. The summed E-state index contributed by atoms with van der Waals surface area (Å²) in [5, 5.41) is 27.9. The van der Waals surface area contributed by atoms with Crippen LogP contribution >= 0.6 is 0 Å². The Balaban J connectivity index is 1.44. The fourth-order valence-electron chi connectivity index (χ4n) is 5.46. The van der Waals surface area contributed by atoms with Crippen LogP contribution in [0.2, 0.25) is 0 Å². The number of amides is 3. The van der Waals surface area contributed by atoms with E-state index in [-0.39, 0.29) is 36.2 Å². The van der Waals surface area contributed by atoms with Gasteiger partial charge in [0.05, 0.1) is 32.4 Å². The molecule has 3 fully saturated rings. The van der Waals surface area contributed by atoms with Gasteiger partial charge >= 0.3 is 0 Å². The lowest BCUT2D eigenvalue weighted by atomic mass is 9.90. The van der Waals surface area contributed by atoms with Crippen LogP contribution in [0.5, 0.6) is 11.5 Å². The minimum atomic E-state index is -1.11. The van der Waals surface area contributed by atoms with Crippen LogP contribution in [0.3, 0.4) is 0 Å². The fourth-order valence-corrected chi connectivity index (χ4v) is 5.46. The molecule has 41 heavy (non-hydrogen) atoms. The Bertz CT molecular complexity index is 1110. The molecule has 0 radical (unpaired) electrons. The second kappa shape index (κ2) is 13.6. The number of rotatable bonds is 13. The monoisotopic (exact) mass is 574 g/mol. The molecule has 0 bridgehead atoms. The smallest absolute Gasteiger partial charge is 0.243 e. The van der Waals surface area contributed by atoms with Crippen molar-refractivity contribution in [3.8, 4) is 11.5 Å². The zero-order valence-electron chi connectivity index (χ0n) is 23.8. The Morgan fingerprint density at radius 2 is 1.66 bits per heavy atom. The molecule has 0 aromatic heterocycles. The zero-order valence-corrected chi connectivity index (χ0v) is 23.8. The number of carbonyl (C=O) groups excluding carboxylic acids is 4. The molecule has 226 valence electrons. The molecule has 3 aliphatic rings. The van der Waals surface area contributed by atoms with E-state index in [1.807, 2.05) is 4.90 Å². The summed E-state index contributed by atoms with van der Waals surface area (Å²) in [4.78, 5) is 54.5. The predicted octanol–water partition coefficient (Wildman–Crippen LogP) is 0.385. The van der Waals surface area contributed by atoms with Crippen LogP contribution in [0.15, 0.2) is 18.2 Å². The third-order valence-corrected chi connectivity index (χ3v) is 8.13. The minimum Gasteiger partial charge on any atom is -0.504 e. The van der Waals surface area contributed by atoms with Gasteiger partial charge in [-0.25, -0.2) is 0 Å². The van der Waals surface area contributed by atoms with Crippen molar-refractivity contribution in [1.82, 2.24) is 20.9 Å². The van der Waals surface area contributed by atoms with Crippen molar-refractivity contribution in [1.29, 1.82) is 0 Å². The highest BCUT2D eigenvalue weighted by Gasteiger charge is 2.50. The van der Waals surface area contributed by atoms with Crippen LogP contribution in [0.4, 0.5) is 0 Å². The van der Waals surface area contributed by atoms with Crippen molar-refractivity contribution in [3.63, 3.8) is 0 Å². The number of ether oxygens (including phenoxy) is 2. The van der Waals surface area contributed by atoms with Gasteiger partial charge in [-0.2, -0.15) is 0 Å². The van der Waals surface area contributed by atoms with Gasteiger partial charge in [-0.1, -0.05) is 31.7 Å². The molecule has 1 saturated carbocycles. The number of ketones is 1. The Labute approximate surface area is 240 Å². The molecule has 4 atom stereocenters. The number of nitrogens with one attached hydrogen (secondary N) is 3. The molecular formula is C29H42N4O8. The Hall–Kier alpha value is -3.22. The Morgan fingerprint density at radius 1 is 1.00 bits per heavy atom. The summed E-state index contributed by atoms with van der Waals surface area (Å²) < 4.78 is 10.7. The number of morpholine rings is 1. The minimum absolute atomic E-state index is 0.0159. The first-order valence-electron chi connectivity index (χ1n) is 14.4. The molecule has 1 aromatic rings. The summed E-state index contributed by atoms with van der Waals surface area (Å²) in [6.07, 6.45) is 4.64. The largest absolute Gasteiger partial charge is 0.504 e. The van der Waals surface area contributed by atoms with E-state index in [0.29, 0.717) is 50.8 Å². The van der Waals surface area contributed by atoms with E-state index >= 15 is 0 Å². The number of Topliss-reactive ketones (excluding diaryl/α,β-unsaturated/α-hetero) is 1. The average Bonchev–Trinajstić information content (AvgIpc) is 3.48.